The Morgan fingerprint density at radius 2 is 2.43 bits per heavy atom. The van der Waals surface area contributed by atoms with Gasteiger partial charge >= 0.3 is 0 Å². The van der Waals surface area contributed by atoms with Crippen LogP contribution in [0.15, 0.2) is 0 Å². The van der Waals surface area contributed by atoms with E-state index in [1.807, 2.05) is 6.07 Å². The number of hydrogen-bond donors (Lipinski definition) is 0. The zero-order valence-electron chi connectivity index (χ0n) is 3.91. The Balaban J connectivity index is 3.66. The van der Waals surface area contributed by atoms with E-state index in [0.717, 1.165) is 0 Å². The van der Waals surface area contributed by atoms with Crippen LogP contribution in [0.3, 0.4) is 0 Å². The van der Waals surface area contributed by atoms with Crippen LogP contribution >= 0.6 is 27.5 Å². The third-order valence-corrected chi connectivity index (χ3v) is 2.15. The van der Waals surface area contributed by atoms with Gasteiger partial charge in [-0.1, -0.05) is 15.9 Å². The summed E-state index contributed by atoms with van der Waals surface area (Å²) in [4.78, 5) is -0.722. The van der Waals surface area contributed by atoms with E-state index in [4.69, 9.17) is 16.9 Å². The van der Waals surface area contributed by atoms with Crippen LogP contribution in [-0.4, -0.2) is 10.2 Å². The Kier molecular flexibility index (Phi) is 2.63. The van der Waals surface area contributed by atoms with Crippen molar-refractivity contribution in [1.82, 2.24) is 0 Å². The Morgan fingerprint density at radius 1 is 2.00 bits per heavy atom. The van der Waals surface area contributed by atoms with Crippen molar-refractivity contribution >= 4 is 27.5 Å². The summed E-state index contributed by atoms with van der Waals surface area (Å²) < 4.78 is 0. The zero-order chi connectivity index (χ0) is 5.91. The Hall–Kier alpha value is 0.260. The van der Waals surface area contributed by atoms with Crippen molar-refractivity contribution in [2.24, 2.45) is 0 Å². The summed E-state index contributed by atoms with van der Waals surface area (Å²) in [6.45, 7) is 1.66. The molecular formula is C4H5BrClN. The van der Waals surface area contributed by atoms with E-state index in [1.54, 1.807) is 6.92 Å². The number of alkyl halides is 2. The largest absolute Gasteiger partial charge is 0.196 e. The molecule has 0 saturated carbocycles. The number of hydrogen-bond acceptors (Lipinski definition) is 1. The SMILES string of the molecule is C[C@](Cl)(C#N)CBr. The van der Waals surface area contributed by atoms with Gasteiger partial charge in [-0.05, 0) is 6.92 Å². The van der Waals surface area contributed by atoms with Crippen LogP contribution in [0.25, 0.3) is 0 Å². The number of halogens is 2. The Morgan fingerprint density at radius 3 is 2.43 bits per heavy atom. The molecule has 40 valence electrons. The average Bonchev–Trinajstić information content (AvgIpc) is 1.68. The lowest BCUT2D eigenvalue weighted by atomic mass is 10.2. The fourth-order valence-electron chi connectivity index (χ4n) is 0.0299. The molecule has 1 atom stereocenters. The van der Waals surface area contributed by atoms with E-state index in [1.165, 1.54) is 0 Å². The van der Waals surface area contributed by atoms with Crippen molar-refractivity contribution in [3.05, 3.63) is 0 Å². The van der Waals surface area contributed by atoms with Crippen LogP contribution in [0.4, 0.5) is 0 Å². The van der Waals surface area contributed by atoms with Gasteiger partial charge in [0.25, 0.3) is 0 Å². The average molecular weight is 182 g/mol. The molecule has 0 aromatic rings. The summed E-state index contributed by atoms with van der Waals surface area (Å²) >= 11 is 8.57. The molecule has 3 heteroatoms. The maximum absolute atomic E-state index is 8.18. The smallest absolute Gasteiger partial charge is 0.137 e. The normalized spacial score (nSPS) is 17.4. The van der Waals surface area contributed by atoms with E-state index >= 15 is 0 Å². The molecule has 0 saturated heterocycles. The summed E-state index contributed by atoms with van der Waals surface area (Å²) in [5.41, 5.74) is 0. The minimum absolute atomic E-state index is 0.512. The van der Waals surface area contributed by atoms with E-state index in [2.05, 4.69) is 15.9 Å². The first-order chi connectivity index (χ1) is 3.12. The van der Waals surface area contributed by atoms with E-state index in [-0.39, 0.29) is 0 Å². The lowest BCUT2D eigenvalue weighted by Gasteiger charge is -2.03. The molecule has 0 radical (unpaired) electrons. The van der Waals surface area contributed by atoms with Gasteiger partial charge in [-0.15, -0.1) is 11.6 Å². The number of nitriles is 1. The van der Waals surface area contributed by atoms with Gasteiger partial charge < -0.3 is 0 Å². The molecule has 1 nitrogen and oxygen atoms in total. The van der Waals surface area contributed by atoms with Crippen molar-refractivity contribution in [2.45, 2.75) is 11.8 Å². The zero-order valence-corrected chi connectivity index (χ0v) is 6.25. The maximum atomic E-state index is 8.18. The van der Waals surface area contributed by atoms with Crippen LogP contribution < -0.4 is 0 Å². The molecule has 0 aromatic carbocycles. The Bertz CT molecular complexity index is 94.4. The fourth-order valence-corrected chi connectivity index (χ4v) is 0.155. The van der Waals surface area contributed by atoms with Gasteiger partial charge in [0.2, 0.25) is 0 Å². The van der Waals surface area contributed by atoms with Crippen LogP contribution in [0, 0.1) is 11.3 Å². The van der Waals surface area contributed by atoms with Crippen molar-refractivity contribution in [3.8, 4) is 6.07 Å². The molecule has 0 unspecified atom stereocenters. The van der Waals surface area contributed by atoms with Gasteiger partial charge in [-0.2, -0.15) is 5.26 Å². The van der Waals surface area contributed by atoms with Gasteiger partial charge in [-0.25, -0.2) is 0 Å². The lowest BCUT2D eigenvalue weighted by Crippen LogP contribution is -2.13. The Labute approximate surface area is 56.4 Å². The highest BCUT2D eigenvalue weighted by atomic mass is 79.9. The monoisotopic (exact) mass is 181 g/mol. The molecule has 0 aromatic heterocycles. The molecule has 0 aliphatic heterocycles. The van der Waals surface area contributed by atoms with Crippen LogP contribution in [0.5, 0.6) is 0 Å². The molecule has 0 amide bonds. The molecular weight excluding hydrogens is 177 g/mol. The molecule has 0 bridgehead atoms. The first kappa shape index (κ1) is 7.26. The summed E-state index contributed by atoms with van der Waals surface area (Å²) in [6, 6.07) is 1.91. The van der Waals surface area contributed by atoms with Gasteiger partial charge in [0.05, 0.1) is 6.07 Å². The number of rotatable bonds is 1. The number of nitrogens with zero attached hydrogens (tertiary/aromatic N) is 1. The van der Waals surface area contributed by atoms with E-state index in [9.17, 15) is 0 Å². The van der Waals surface area contributed by atoms with Gasteiger partial charge in [-0.3, -0.25) is 0 Å². The summed E-state index contributed by atoms with van der Waals surface area (Å²) in [6.07, 6.45) is 0. The molecule has 7 heavy (non-hydrogen) atoms. The third kappa shape index (κ3) is 2.90. The predicted octanol–water partition coefficient (Wildman–Crippen LogP) is 1.90. The van der Waals surface area contributed by atoms with Crippen molar-refractivity contribution in [1.29, 1.82) is 5.26 Å². The molecule has 0 aliphatic rings. The molecule has 0 heterocycles. The van der Waals surface area contributed by atoms with Gasteiger partial charge in [0.15, 0.2) is 0 Å². The van der Waals surface area contributed by atoms with Gasteiger partial charge in [0.1, 0.15) is 4.87 Å². The second-order valence-electron chi connectivity index (χ2n) is 1.44. The first-order valence-electron chi connectivity index (χ1n) is 1.78. The highest BCUT2D eigenvalue weighted by molar-refractivity contribution is 9.09. The molecule has 0 rings (SSSR count). The first-order valence-corrected chi connectivity index (χ1v) is 3.28. The molecule has 0 spiro atoms. The molecule has 0 aliphatic carbocycles. The van der Waals surface area contributed by atoms with Crippen LogP contribution in [0.2, 0.25) is 0 Å². The second kappa shape index (κ2) is 2.54. The highest BCUT2D eigenvalue weighted by Crippen LogP contribution is 2.14. The van der Waals surface area contributed by atoms with Crippen LogP contribution in [-0.2, 0) is 0 Å². The van der Waals surface area contributed by atoms with E-state index in [0.29, 0.717) is 5.33 Å². The topological polar surface area (TPSA) is 23.8 Å². The lowest BCUT2D eigenvalue weighted by molar-refractivity contribution is 0.921. The highest BCUT2D eigenvalue weighted by Gasteiger charge is 2.16. The second-order valence-corrected chi connectivity index (χ2v) is 2.84. The van der Waals surface area contributed by atoms with Crippen LogP contribution in [0.1, 0.15) is 6.92 Å². The van der Waals surface area contributed by atoms with Crippen molar-refractivity contribution in [2.75, 3.05) is 5.33 Å². The quantitative estimate of drug-likeness (QED) is 0.568. The van der Waals surface area contributed by atoms with Crippen molar-refractivity contribution in [3.63, 3.8) is 0 Å². The fraction of sp³-hybridized carbons (Fsp3) is 0.750. The summed E-state index contributed by atoms with van der Waals surface area (Å²) in [5, 5.41) is 8.69. The van der Waals surface area contributed by atoms with Crippen molar-refractivity contribution < 1.29 is 0 Å². The standard InChI is InChI=1S/C4H5BrClN/c1-4(6,2-5)3-7/h2H2,1H3/t4-/m1/s1. The van der Waals surface area contributed by atoms with E-state index < -0.39 is 4.87 Å². The predicted molar refractivity (Wildman–Crippen MR) is 33.7 cm³/mol. The summed E-state index contributed by atoms with van der Waals surface area (Å²) in [7, 11) is 0. The summed E-state index contributed by atoms with van der Waals surface area (Å²) in [5.74, 6) is 0. The minimum atomic E-state index is -0.722. The molecule has 0 N–H and O–H groups in total. The minimum Gasteiger partial charge on any atom is -0.196 e. The van der Waals surface area contributed by atoms with Gasteiger partial charge in [0, 0.05) is 5.33 Å². The third-order valence-electron chi connectivity index (χ3n) is 0.484. The maximum Gasteiger partial charge on any atom is 0.137 e. The molecule has 0 fully saturated rings.